The molecule has 1 nitrogen and oxygen atoms in total. The monoisotopic (exact) mass is 314 g/mol. The van der Waals surface area contributed by atoms with Gasteiger partial charge >= 0.3 is 0 Å². The van der Waals surface area contributed by atoms with Gasteiger partial charge in [0.25, 0.3) is 5.24 Å². The van der Waals surface area contributed by atoms with E-state index in [9.17, 15) is 9.18 Å². The van der Waals surface area contributed by atoms with E-state index in [1.54, 1.807) is 0 Å². The van der Waals surface area contributed by atoms with Gasteiger partial charge in [0.05, 0.1) is 10.0 Å². The van der Waals surface area contributed by atoms with Gasteiger partial charge in [-0.3, -0.25) is 4.79 Å². The Bertz CT molecular complexity index is 340. The maximum absolute atomic E-state index is 13.1. The molecule has 0 N–H and O–H groups in total. The molecule has 0 fully saturated rings. The predicted molar refractivity (Wildman–Crippen MR) is 52.0 cm³/mol. The first-order valence-corrected chi connectivity index (χ1v) is 4.83. The summed E-state index contributed by atoms with van der Waals surface area (Å²) in [5.41, 5.74) is -0.141. The number of hydrogen-bond donors (Lipinski definition) is 0. The maximum Gasteiger partial charge on any atom is 0.255 e. The molecule has 1 rings (SSSR count). The second-order valence-corrected chi connectivity index (χ2v) is 4.14. The number of rotatable bonds is 1. The van der Waals surface area contributed by atoms with Crippen LogP contribution in [0.25, 0.3) is 0 Å². The Labute approximate surface area is 90.2 Å². The third-order valence-electron chi connectivity index (χ3n) is 1.20. The van der Waals surface area contributed by atoms with E-state index in [0.717, 1.165) is 0 Å². The van der Waals surface area contributed by atoms with E-state index in [0.29, 0.717) is 4.47 Å². The fraction of sp³-hybridized carbons (Fsp3) is 0. The molecular weight excluding hydrogens is 314 g/mol. The molecule has 1 aromatic carbocycles. The molecule has 0 aliphatic rings. The zero-order valence-electron chi connectivity index (χ0n) is 5.57. The Hall–Kier alpha value is 0.0700. The van der Waals surface area contributed by atoms with Gasteiger partial charge in [0.2, 0.25) is 0 Å². The summed E-state index contributed by atoms with van der Waals surface area (Å²) in [7, 11) is 0. The molecule has 0 heterocycles. The van der Waals surface area contributed by atoms with Crippen molar-refractivity contribution in [1.82, 2.24) is 0 Å². The summed E-state index contributed by atoms with van der Waals surface area (Å²) in [6.07, 6.45) is 0. The van der Waals surface area contributed by atoms with E-state index >= 15 is 0 Å². The quantitative estimate of drug-likeness (QED) is 0.570. The molecule has 0 aliphatic carbocycles. The number of halogens is 4. The van der Waals surface area contributed by atoms with Crippen LogP contribution in [0.1, 0.15) is 10.4 Å². The van der Waals surface area contributed by atoms with Crippen LogP contribution in [0.4, 0.5) is 4.39 Å². The van der Waals surface area contributed by atoms with Crippen LogP contribution in [0.2, 0.25) is 0 Å². The van der Waals surface area contributed by atoms with E-state index in [2.05, 4.69) is 31.9 Å². The lowest BCUT2D eigenvalue weighted by molar-refractivity contribution is 0.107. The molecule has 64 valence electrons. The lowest BCUT2D eigenvalue weighted by atomic mass is 10.2. The van der Waals surface area contributed by atoms with Crippen LogP contribution in [0.3, 0.4) is 0 Å². The van der Waals surface area contributed by atoms with Gasteiger partial charge in [-0.25, -0.2) is 4.39 Å². The van der Waals surface area contributed by atoms with Crippen LogP contribution in [0.15, 0.2) is 21.1 Å². The molecule has 0 spiro atoms. The Morgan fingerprint density at radius 3 is 2.50 bits per heavy atom. The Kier molecular flexibility index (Phi) is 3.26. The fourth-order valence-electron chi connectivity index (χ4n) is 0.699. The minimum atomic E-state index is -0.811. The highest BCUT2D eigenvalue weighted by atomic mass is 79.9. The van der Waals surface area contributed by atoms with E-state index in [1.165, 1.54) is 12.1 Å². The summed E-state index contributed by atoms with van der Waals surface area (Å²) in [6, 6.07) is 2.83. The van der Waals surface area contributed by atoms with Crippen LogP contribution in [-0.2, 0) is 0 Å². The molecule has 0 radical (unpaired) electrons. The normalized spacial score (nSPS) is 10.0. The van der Waals surface area contributed by atoms with Crippen LogP contribution >= 0.6 is 43.5 Å². The molecule has 0 amide bonds. The molecule has 0 aromatic heterocycles. The van der Waals surface area contributed by atoms with E-state index < -0.39 is 11.1 Å². The van der Waals surface area contributed by atoms with Crippen molar-refractivity contribution in [2.24, 2.45) is 0 Å². The maximum atomic E-state index is 13.1. The Balaban J connectivity index is 3.37. The summed E-state index contributed by atoms with van der Waals surface area (Å²) in [6.45, 7) is 0. The Morgan fingerprint density at radius 2 is 2.00 bits per heavy atom. The van der Waals surface area contributed by atoms with Crippen molar-refractivity contribution in [1.29, 1.82) is 0 Å². The van der Waals surface area contributed by atoms with Crippen molar-refractivity contribution in [3.05, 3.63) is 32.5 Å². The standard InChI is InChI=1S/C7H2Br2ClFO/c8-3-1-4(7(10)12)6(11)5(9)2-3/h1-2H. The molecule has 0 aliphatic heterocycles. The van der Waals surface area contributed by atoms with Crippen molar-refractivity contribution < 1.29 is 9.18 Å². The fourth-order valence-corrected chi connectivity index (χ4v) is 2.06. The average molecular weight is 316 g/mol. The van der Waals surface area contributed by atoms with Gasteiger partial charge < -0.3 is 0 Å². The predicted octanol–water partition coefficient (Wildman–Crippen LogP) is 3.73. The summed E-state index contributed by atoms with van der Waals surface area (Å²) >= 11 is 11.2. The molecule has 0 saturated carbocycles. The molecule has 0 unspecified atom stereocenters. The first-order chi connectivity index (χ1) is 5.52. The van der Waals surface area contributed by atoms with Crippen molar-refractivity contribution in [2.45, 2.75) is 0 Å². The van der Waals surface area contributed by atoms with Crippen molar-refractivity contribution >= 4 is 48.7 Å². The number of benzene rings is 1. The zero-order chi connectivity index (χ0) is 9.30. The highest BCUT2D eigenvalue weighted by Crippen LogP contribution is 2.25. The third kappa shape index (κ3) is 2.06. The van der Waals surface area contributed by atoms with Gasteiger partial charge in [-0.15, -0.1) is 0 Å². The molecule has 12 heavy (non-hydrogen) atoms. The van der Waals surface area contributed by atoms with Gasteiger partial charge in [-0.2, -0.15) is 0 Å². The molecule has 0 saturated heterocycles. The van der Waals surface area contributed by atoms with E-state index in [1.807, 2.05) is 0 Å². The molecular formula is C7H2Br2ClFO. The van der Waals surface area contributed by atoms with Crippen LogP contribution in [0.5, 0.6) is 0 Å². The summed E-state index contributed by atoms with van der Waals surface area (Å²) in [5, 5.41) is -0.811. The minimum absolute atomic E-state index is 0.141. The van der Waals surface area contributed by atoms with E-state index in [4.69, 9.17) is 11.6 Å². The van der Waals surface area contributed by atoms with Crippen molar-refractivity contribution in [2.75, 3.05) is 0 Å². The third-order valence-corrected chi connectivity index (χ3v) is 2.44. The lowest BCUT2D eigenvalue weighted by Crippen LogP contribution is -1.95. The van der Waals surface area contributed by atoms with Crippen molar-refractivity contribution in [3.63, 3.8) is 0 Å². The average Bonchev–Trinajstić information content (AvgIpc) is 1.96. The number of carbonyl (C=O) groups is 1. The second kappa shape index (κ2) is 3.85. The highest BCUT2D eigenvalue weighted by molar-refractivity contribution is 9.11. The minimum Gasteiger partial charge on any atom is -0.275 e. The Morgan fingerprint density at radius 1 is 1.42 bits per heavy atom. The number of hydrogen-bond acceptors (Lipinski definition) is 1. The topological polar surface area (TPSA) is 17.1 Å². The molecule has 1 aromatic rings. The van der Waals surface area contributed by atoms with Gasteiger partial charge in [0.1, 0.15) is 5.82 Å². The zero-order valence-corrected chi connectivity index (χ0v) is 9.50. The first kappa shape index (κ1) is 10.2. The van der Waals surface area contributed by atoms with Crippen LogP contribution in [0, 0.1) is 5.82 Å². The van der Waals surface area contributed by atoms with Gasteiger partial charge in [-0.05, 0) is 39.7 Å². The molecule has 0 bridgehead atoms. The summed E-state index contributed by atoms with van der Waals surface area (Å²) < 4.78 is 13.9. The van der Waals surface area contributed by atoms with Crippen molar-refractivity contribution in [3.8, 4) is 0 Å². The number of carbonyl (C=O) groups excluding carboxylic acids is 1. The molecule has 5 heteroatoms. The van der Waals surface area contributed by atoms with Gasteiger partial charge in [-0.1, -0.05) is 15.9 Å². The second-order valence-electron chi connectivity index (χ2n) is 2.02. The van der Waals surface area contributed by atoms with Crippen LogP contribution in [-0.4, -0.2) is 5.24 Å². The summed E-state index contributed by atoms with van der Waals surface area (Å²) in [5.74, 6) is -0.641. The highest BCUT2D eigenvalue weighted by Gasteiger charge is 2.12. The van der Waals surface area contributed by atoms with Crippen LogP contribution < -0.4 is 0 Å². The first-order valence-electron chi connectivity index (χ1n) is 2.86. The van der Waals surface area contributed by atoms with Gasteiger partial charge in [0.15, 0.2) is 0 Å². The largest absolute Gasteiger partial charge is 0.275 e. The SMILES string of the molecule is O=C(Cl)c1cc(Br)cc(Br)c1F. The smallest absolute Gasteiger partial charge is 0.255 e. The summed E-state index contributed by atoms with van der Waals surface area (Å²) in [4.78, 5) is 10.7. The van der Waals surface area contributed by atoms with E-state index in [-0.39, 0.29) is 10.0 Å². The van der Waals surface area contributed by atoms with Gasteiger partial charge in [0, 0.05) is 4.47 Å². The lowest BCUT2D eigenvalue weighted by Gasteiger charge is -2.00. The molecule has 0 atom stereocenters.